The molecular formula is C18H19N3O2. The highest BCUT2D eigenvalue weighted by molar-refractivity contribution is 6.01. The summed E-state index contributed by atoms with van der Waals surface area (Å²) in [4.78, 5) is 12.4. The Morgan fingerprint density at radius 1 is 1.04 bits per heavy atom. The van der Waals surface area contributed by atoms with Gasteiger partial charge in [0.25, 0.3) is 0 Å². The largest absolute Gasteiger partial charge is 0.356 e. The lowest BCUT2D eigenvalue weighted by atomic mass is 10.0. The third kappa shape index (κ3) is 3.63. The van der Waals surface area contributed by atoms with Crippen molar-refractivity contribution in [1.29, 1.82) is 0 Å². The Balaban J connectivity index is 1.66. The van der Waals surface area contributed by atoms with Gasteiger partial charge in [-0.15, -0.1) is 5.11 Å². The van der Waals surface area contributed by atoms with Gasteiger partial charge in [-0.2, -0.15) is 0 Å². The Kier molecular flexibility index (Phi) is 4.21. The summed E-state index contributed by atoms with van der Waals surface area (Å²) in [6.45, 7) is 2.04. The second-order valence-electron chi connectivity index (χ2n) is 5.84. The Hall–Kier alpha value is -2.53. The minimum atomic E-state index is -0.382. The molecule has 3 rings (SSSR count). The molecule has 1 fully saturated rings. The lowest BCUT2D eigenvalue weighted by Crippen LogP contribution is -2.07. The number of hydrogen-bond acceptors (Lipinski definition) is 4. The van der Waals surface area contributed by atoms with E-state index in [1.807, 2.05) is 31.2 Å². The van der Waals surface area contributed by atoms with Gasteiger partial charge in [0.1, 0.15) is 6.10 Å². The molecule has 2 aromatic rings. The van der Waals surface area contributed by atoms with E-state index in [0.717, 1.165) is 5.56 Å². The van der Waals surface area contributed by atoms with Crippen LogP contribution in [0.4, 0.5) is 5.69 Å². The van der Waals surface area contributed by atoms with Gasteiger partial charge in [0.05, 0.1) is 5.69 Å². The molecule has 2 aromatic carbocycles. The van der Waals surface area contributed by atoms with E-state index in [4.69, 9.17) is 4.74 Å². The van der Waals surface area contributed by atoms with Crippen molar-refractivity contribution in [2.45, 2.75) is 19.1 Å². The molecule has 23 heavy (non-hydrogen) atoms. The molecule has 1 aliphatic heterocycles. The summed E-state index contributed by atoms with van der Waals surface area (Å²) in [6.07, 6.45) is -0.511. The van der Waals surface area contributed by atoms with Crippen LogP contribution in [0.5, 0.6) is 0 Å². The standard InChI is InChI=1S/C18H19N3O2/c1-12-4-6-14(7-5-12)17-18(23-17)16(22)13-8-10-15(11-9-13)19-20-21(2)3/h4-11,17-18H,1-3H3. The highest BCUT2D eigenvalue weighted by atomic mass is 16.6. The second-order valence-corrected chi connectivity index (χ2v) is 5.84. The molecule has 0 spiro atoms. The van der Waals surface area contributed by atoms with Gasteiger partial charge in [-0.25, -0.2) is 0 Å². The van der Waals surface area contributed by atoms with Crippen molar-refractivity contribution in [3.8, 4) is 0 Å². The van der Waals surface area contributed by atoms with Gasteiger partial charge in [-0.05, 0) is 36.8 Å². The van der Waals surface area contributed by atoms with Gasteiger partial charge in [-0.3, -0.25) is 9.80 Å². The topological polar surface area (TPSA) is 57.6 Å². The van der Waals surface area contributed by atoms with E-state index in [2.05, 4.69) is 10.3 Å². The van der Waals surface area contributed by atoms with Gasteiger partial charge >= 0.3 is 0 Å². The van der Waals surface area contributed by atoms with Crippen LogP contribution in [-0.2, 0) is 4.74 Å². The van der Waals surface area contributed by atoms with Crippen LogP contribution in [-0.4, -0.2) is 31.0 Å². The van der Waals surface area contributed by atoms with E-state index in [0.29, 0.717) is 11.3 Å². The fourth-order valence-corrected chi connectivity index (χ4v) is 2.32. The summed E-state index contributed by atoms with van der Waals surface area (Å²) < 4.78 is 5.57. The molecule has 1 saturated heterocycles. The first-order valence-electron chi connectivity index (χ1n) is 7.50. The monoisotopic (exact) mass is 309 g/mol. The summed E-state index contributed by atoms with van der Waals surface area (Å²) in [5.41, 5.74) is 3.58. The number of rotatable bonds is 5. The first kappa shape index (κ1) is 15.4. The van der Waals surface area contributed by atoms with Crippen LogP contribution in [0.1, 0.15) is 27.6 Å². The van der Waals surface area contributed by atoms with E-state index in [1.54, 1.807) is 43.4 Å². The molecule has 0 aromatic heterocycles. The molecule has 0 saturated carbocycles. The van der Waals surface area contributed by atoms with Gasteiger partial charge in [-0.1, -0.05) is 35.1 Å². The number of hydrogen-bond donors (Lipinski definition) is 0. The van der Waals surface area contributed by atoms with Crippen molar-refractivity contribution in [2.24, 2.45) is 10.3 Å². The highest BCUT2D eigenvalue weighted by Gasteiger charge is 2.46. The number of carbonyl (C=O) groups is 1. The van der Waals surface area contributed by atoms with Crippen LogP contribution in [0, 0.1) is 6.92 Å². The number of ether oxygens (including phenoxy) is 1. The number of benzene rings is 2. The Morgan fingerprint density at radius 2 is 1.70 bits per heavy atom. The third-order valence-corrected chi connectivity index (χ3v) is 3.65. The maximum atomic E-state index is 12.4. The van der Waals surface area contributed by atoms with Gasteiger partial charge in [0.2, 0.25) is 0 Å². The van der Waals surface area contributed by atoms with Crippen LogP contribution in [0.3, 0.4) is 0 Å². The molecule has 0 N–H and O–H groups in total. The minimum Gasteiger partial charge on any atom is -0.356 e. The predicted octanol–water partition coefficient (Wildman–Crippen LogP) is 3.88. The summed E-state index contributed by atoms with van der Waals surface area (Å²) >= 11 is 0. The Bertz CT molecular complexity index is 721. The first-order chi connectivity index (χ1) is 11.0. The minimum absolute atomic E-state index is 0.00618. The maximum Gasteiger partial charge on any atom is 0.194 e. The van der Waals surface area contributed by atoms with E-state index >= 15 is 0 Å². The normalized spacial score (nSPS) is 19.8. The molecule has 0 aliphatic carbocycles. The predicted molar refractivity (Wildman–Crippen MR) is 87.8 cm³/mol. The van der Waals surface area contributed by atoms with E-state index in [9.17, 15) is 4.79 Å². The van der Waals surface area contributed by atoms with E-state index < -0.39 is 0 Å². The number of nitrogens with zero attached hydrogens (tertiary/aromatic N) is 3. The van der Waals surface area contributed by atoms with Gasteiger partial charge in [0, 0.05) is 19.7 Å². The zero-order valence-electron chi connectivity index (χ0n) is 13.4. The smallest absolute Gasteiger partial charge is 0.194 e. The molecule has 2 atom stereocenters. The molecule has 0 radical (unpaired) electrons. The van der Waals surface area contributed by atoms with Crippen LogP contribution < -0.4 is 0 Å². The van der Waals surface area contributed by atoms with Crippen molar-refractivity contribution in [3.05, 3.63) is 65.2 Å². The van der Waals surface area contributed by atoms with Gasteiger partial charge in [0.15, 0.2) is 11.9 Å². The number of ketones is 1. The fraction of sp³-hybridized carbons (Fsp3) is 0.278. The molecule has 1 aliphatic rings. The average Bonchev–Trinajstić information content (AvgIpc) is 3.34. The van der Waals surface area contributed by atoms with Crippen molar-refractivity contribution < 1.29 is 9.53 Å². The van der Waals surface area contributed by atoms with Crippen molar-refractivity contribution in [2.75, 3.05) is 14.1 Å². The first-order valence-corrected chi connectivity index (χ1v) is 7.50. The summed E-state index contributed by atoms with van der Waals surface area (Å²) in [5.74, 6) is 0.00618. The molecule has 5 heteroatoms. The zero-order valence-corrected chi connectivity index (χ0v) is 13.4. The number of Topliss-reactive ketones (excluding diaryl/α,β-unsaturated/α-hetero) is 1. The zero-order chi connectivity index (χ0) is 16.4. The lowest BCUT2D eigenvalue weighted by molar-refractivity contribution is 0.0953. The quantitative estimate of drug-likeness (QED) is 0.364. The molecule has 2 unspecified atom stereocenters. The van der Waals surface area contributed by atoms with Crippen LogP contribution in [0.15, 0.2) is 58.9 Å². The lowest BCUT2D eigenvalue weighted by Gasteiger charge is -2.01. The third-order valence-electron chi connectivity index (χ3n) is 3.65. The molecule has 118 valence electrons. The fourth-order valence-electron chi connectivity index (χ4n) is 2.32. The van der Waals surface area contributed by atoms with Crippen LogP contribution in [0.2, 0.25) is 0 Å². The van der Waals surface area contributed by atoms with Crippen molar-refractivity contribution >= 4 is 11.5 Å². The number of aryl methyl sites for hydroxylation is 1. The molecule has 0 amide bonds. The molecular weight excluding hydrogens is 290 g/mol. The number of epoxide rings is 1. The van der Waals surface area contributed by atoms with E-state index in [1.165, 1.54) is 5.56 Å². The average molecular weight is 309 g/mol. The molecule has 1 heterocycles. The van der Waals surface area contributed by atoms with Crippen molar-refractivity contribution in [3.63, 3.8) is 0 Å². The Labute approximate surface area is 135 Å². The van der Waals surface area contributed by atoms with Gasteiger partial charge < -0.3 is 4.74 Å². The maximum absolute atomic E-state index is 12.4. The van der Waals surface area contributed by atoms with Crippen LogP contribution in [0.25, 0.3) is 0 Å². The summed E-state index contributed by atoms with van der Waals surface area (Å²) in [5, 5.41) is 9.58. The van der Waals surface area contributed by atoms with Crippen LogP contribution >= 0.6 is 0 Å². The van der Waals surface area contributed by atoms with E-state index in [-0.39, 0.29) is 18.0 Å². The second kappa shape index (κ2) is 6.30. The van der Waals surface area contributed by atoms with Crippen molar-refractivity contribution in [1.82, 2.24) is 5.01 Å². The number of carbonyl (C=O) groups excluding carboxylic acids is 1. The Morgan fingerprint density at radius 3 is 2.30 bits per heavy atom. The SMILES string of the molecule is Cc1ccc(C2OC2C(=O)c2ccc(N=NN(C)C)cc2)cc1. The summed E-state index contributed by atoms with van der Waals surface area (Å²) in [7, 11) is 3.61. The summed E-state index contributed by atoms with van der Waals surface area (Å²) in [6, 6.07) is 15.2. The molecule has 5 nitrogen and oxygen atoms in total. The molecule has 0 bridgehead atoms. The highest BCUT2D eigenvalue weighted by Crippen LogP contribution is 2.40.